The lowest BCUT2D eigenvalue weighted by Crippen LogP contribution is -2.42. The van der Waals surface area contributed by atoms with E-state index < -0.39 is 0 Å². The molecule has 0 radical (unpaired) electrons. The van der Waals surface area contributed by atoms with Crippen molar-refractivity contribution in [2.24, 2.45) is 0 Å². The number of carbonyl (C=O) groups excluding carboxylic acids is 2. The van der Waals surface area contributed by atoms with E-state index in [0.717, 1.165) is 49.2 Å². The largest absolute Gasteiger partial charge is 0.497 e. The molecule has 0 bridgehead atoms. The van der Waals surface area contributed by atoms with Gasteiger partial charge in [-0.25, -0.2) is 0 Å². The monoisotopic (exact) mass is 408 g/mol. The number of hydrogen-bond donors (Lipinski definition) is 0. The molecule has 1 saturated heterocycles. The van der Waals surface area contributed by atoms with Gasteiger partial charge in [0.2, 0.25) is 5.91 Å². The Kier molecular flexibility index (Phi) is 6.21. The molecule has 2 aromatic carbocycles. The number of benzene rings is 2. The fourth-order valence-electron chi connectivity index (χ4n) is 4.33. The van der Waals surface area contributed by atoms with E-state index in [1.165, 1.54) is 0 Å². The zero-order chi connectivity index (χ0) is 20.9. The molecule has 1 fully saturated rings. The number of para-hydroxylation sites is 2. The predicted molar refractivity (Wildman–Crippen MR) is 115 cm³/mol. The summed E-state index contributed by atoms with van der Waals surface area (Å²) in [5.41, 5.74) is 1.88. The number of ether oxygens (including phenoxy) is 2. The number of likely N-dealkylation sites (tertiary alicyclic amines) is 1. The van der Waals surface area contributed by atoms with Crippen LogP contribution in [0.2, 0.25) is 0 Å². The van der Waals surface area contributed by atoms with Crippen molar-refractivity contribution in [3.05, 3.63) is 54.1 Å². The number of amides is 2. The van der Waals surface area contributed by atoms with Gasteiger partial charge in [-0.15, -0.1) is 0 Å². The molecule has 30 heavy (non-hydrogen) atoms. The Morgan fingerprint density at radius 2 is 1.90 bits per heavy atom. The zero-order valence-electron chi connectivity index (χ0n) is 17.4. The summed E-state index contributed by atoms with van der Waals surface area (Å²) >= 11 is 0. The molecule has 2 aromatic rings. The Morgan fingerprint density at radius 3 is 2.70 bits per heavy atom. The van der Waals surface area contributed by atoms with Crippen molar-refractivity contribution in [1.82, 2.24) is 4.90 Å². The number of methoxy groups -OCH3 is 1. The molecule has 0 saturated carbocycles. The molecule has 0 spiro atoms. The van der Waals surface area contributed by atoms with E-state index in [2.05, 4.69) is 12.1 Å². The highest BCUT2D eigenvalue weighted by Crippen LogP contribution is 2.33. The van der Waals surface area contributed by atoms with E-state index >= 15 is 0 Å². The molecule has 0 N–H and O–H groups in total. The number of carbonyl (C=O) groups is 2. The average molecular weight is 408 g/mol. The molecular weight excluding hydrogens is 380 g/mol. The van der Waals surface area contributed by atoms with Crippen LogP contribution in [0.4, 0.5) is 5.69 Å². The summed E-state index contributed by atoms with van der Waals surface area (Å²) in [6.45, 7) is 1.14. The molecule has 2 aliphatic rings. The summed E-state index contributed by atoms with van der Waals surface area (Å²) < 4.78 is 10.8. The van der Waals surface area contributed by atoms with E-state index in [-0.39, 0.29) is 24.5 Å². The van der Waals surface area contributed by atoms with Gasteiger partial charge in [0.05, 0.1) is 18.8 Å². The van der Waals surface area contributed by atoms with Gasteiger partial charge in [-0.2, -0.15) is 0 Å². The van der Waals surface area contributed by atoms with Crippen molar-refractivity contribution in [2.75, 3.05) is 31.7 Å². The summed E-state index contributed by atoms with van der Waals surface area (Å²) in [5.74, 6) is 1.49. The highest BCUT2D eigenvalue weighted by molar-refractivity contribution is 5.98. The Labute approximate surface area is 177 Å². The maximum atomic E-state index is 13.3. The van der Waals surface area contributed by atoms with Crippen molar-refractivity contribution in [1.29, 1.82) is 0 Å². The third kappa shape index (κ3) is 4.27. The Morgan fingerprint density at radius 1 is 1.10 bits per heavy atom. The summed E-state index contributed by atoms with van der Waals surface area (Å²) in [5, 5.41) is 0. The number of anilines is 1. The molecule has 6 nitrogen and oxygen atoms in total. The average Bonchev–Trinajstić information content (AvgIpc) is 3.04. The van der Waals surface area contributed by atoms with E-state index in [9.17, 15) is 9.59 Å². The fourth-order valence-corrected chi connectivity index (χ4v) is 4.33. The third-order valence-electron chi connectivity index (χ3n) is 5.93. The van der Waals surface area contributed by atoms with Crippen molar-refractivity contribution < 1.29 is 19.1 Å². The lowest BCUT2D eigenvalue weighted by molar-refractivity contribution is -0.133. The molecule has 1 atom stereocenters. The van der Waals surface area contributed by atoms with Crippen LogP contribution < -0.4 is 14.4 Å². The van der Waals surface area contributed by atoms with Crippen molar-refractivity contribution in [2.45, 2.75) is 38.1 Å². The quantitative estimate of drug-likeness (QED) is 0.752. The van der Waals surface area contributed by atoms with E-state index in [1.807, 2.05) is 41.3 Å². The lowest BCUT2D eigenvalue weighted by Gasteiger charge is -2.33. The second-order valence-electron chi connectivity index (χ2n) is 7.78. The van der Waals surface area contributed by atoms with Crippen LogP contribution in [0.3, 0.4) is 0 Å². The Balaban J connectivity index is 1.48. The van der Waals surface area contributed by atoms with Crippen LogP contribution in [-0.4, -0.2) is 43.5 Å². The summed E-state index contributed by atoms with van der Waals surface area (Å²) in [7, 11) is 1.65. The van der Waals surface area contributed by atoms with Gasteiger partial charge in [0.1, 0.15) is 11.5 Å². The normalized spacial score (nSPS) is 19.0. The van der Waals surface area contributed by atoms with Crippen LogP contribution in [0.5, 0.6) is 11.5 Å². The van der Waals surface area contributed by atoms with Gasteiger partial charge >= 0.3 is 0 Å². The van der Waals surface area contributed by atoms with E-state index in [0.29, 0.717) is 18.7 Å². The molecule has 2 aliphatic heterocycles. The number of fused-ring (bicyclic) bond motifs is 1. The standard InChI is InChI=1S/C24H28N2O4/c1-29-19-12-10-18(11-13-19)20-7-3-2-6-15-25(20)23(27)14-16-26-21-8-4-5-9-22(21)30-17-24(26)28/h4-5,8-13,20H,2-3,6-7,14-17H2,1H3/t20-/m0/s1. The molecule has 0 unspecified atom stereocenters. The molecule has 2 amide bonds. The van der Waals surface area contributed by atoms with Crippen LogP contribution >= 0.6 is 0 Å². The van der Waals surface area contributed by atoms with Gasteiger partial charge in [0, 0.05) is 19.5 Å². The van der Waals surface area contributed by atoms with Gasteiger partial charge < -0.3 is 19.3 Å². The van der Waals surface area contributed by atoms with Crippen LogP contribution in [0.25, 0.3) is 0 Å². The van der Waals surface area contributed by atoms with E-state index in [1.54, 1.807) is 12.0 Å². The van der Waals surface area contributed by atoms with Gasteiger partial charge in [-0.1, -0.05) is 37.1 Å². The van der Waals surface area contributed by atoms with Crippen LogP contribution in [0.15, 0.2) is 48.5 Å². The van der Waals surface area contributed by atoms with Gasteiger partial charge in [0.25, 0.3) is 5.91 Å². The zero-order valence-corrected chi connectivity index (χ0v) is 17.4. The molecule has 0 aromatic heterocycles. The minimum Gasteiger partial charge on any atom is -0.497 e. The summed E-state index contributed by atoms with van der Waals surface area (Å²) in [6, 6.07) is 15.6. The number of hydrogen-bond acceptors (Lipinski definition) is 4. The molecule has 6 heteroatoms. The first-order valence-corrected chi connectivity index (χ1v) is 10.6. The summed E-state index contributed by atoms with van der Waals surface area (Å²) in [4.78, 5) is 29.3. The number of rotatable bonds is 5. The predicted octanol–water partition coefficient (Wildman–Crippen LogP) is 3.95. The second kappa shape index (κ2) is 9.20. The topological polar surface area (TPSA) is 59.1 Å². The minimum absolute atomic E-state index is 0.0173. The molecular formula is C24H28N2O4. The van der Waals surface area contributed by atoms with Gasteiger partial charge in [0.15, 0.2) is 6.61 Å². The van der Waals surface area contributed by atoms with Crippen LogP contribution in [-0.2, 0) is 9.59 Å². The van der Waals surface area contributed by atoms with E-state index in [4.69, 9.17) is 9.47 Å². The van der Waals surface area contributed by atoms with Gasteiger partial charge in [-0.3, -0.25) is 9.59 Å². The first kappa shape index (κ1) is 20.3. The summed E-state index contributed by atoms with van der Waals surface area (Å²) in [6.07, 6.45) is 4.50. The molecule has 4 rings (SSSR count). The molecule has 2 heterocycles. The Hall–Kier alpha value is -3.02. The first-order valence-electron chi connectivity index (χ1n) is 10.6. The number of nitrogens with zero attached hydrogens (tertiary/aromatic N) is 2. The second-order valence-corrected chi connectivity index (χ2v) is 7.78. The first-order chi connectivity index (χ1) is 14.7. The highest BCUT2D eigenvalue weighted by Gasteiger charge is 2.29. The fraction of sp³-hybridized carbons (Fsp3) is 0.417. The molecule has 0 aliphatic carbocycles. The minimum atomic E-state index is -0.107. The van der Waals surface area contributed by atoms with Gasteiger partial charge in [-0.05, 0) is 42.7 Å². The molecule has 158 valence electrons. The maximum absolute atomic E-state index is 13.3. The third-order valence-corrected chi connectivity index (χ3v) is 5.93. The lowest BCUT2D eigenvalue weighted by atomic mass is 10.0. The van der Waals surface area contributed by atoms with Crippen molar-refractivity contribution in [3.63, 3.8) is 0 Å². The highest BCUT2D eigenvalue weighted by atomic mass is 16.5. The smallest absolute Gasteiger partial charge is 0.265 e. The Bertz CT molecular complexity index is 896. The van der Waals surface area contributed by atoms with Crippen molar-refractivity contribution >= 4 is 17.5 Å². The maximum Gasteiger partial charge on any atom is 0.265 e. The van der Waals surface area contributed by atoms with Crippen LogP contribution in [0, 0.1) is 0 Å². The van der Waals surface area contributed by atoms with Crippen molar-refractivity contribution in [3.8, 4) is 11.5 Å². The SMILES string of the molecule is COc1ccc([C@@H]2CCCCCN2C(=O)CCN2C(=O)COc3ccccc32)cc1. The van der Waals surface area contributed by atoms with Crippen LogP contribution in [0.1, 0.15) is 43.7 Å².